The molecule has 0 unspecified atom stereocenters. The summed E-state index contributed by atoms with van der Waals surface area (Å²) < 4.78 is 10.4. The van der Waals surface area contributed by atoms with Crippen LogP contribution in [0.25, 0.3) is 0 Å². The average molecular weight is 278 g/mol. The molecule has 1 heterocycles. The molecule has 0 aliphatic carbocycles. The van der Waals surface area contributed by atoms with Crippen molar-refractivity contribution in [1.82, 2.24) is 4.90 Å². The van der Waals surface area contributed by atoms with Gasteiger partial charge >= 0.3 is 0 Å². The number of likely N-dealkylation sites (tertiary alicyclic amines) is 1. The third-order valence-corrected chi connectivity index (χ3v) is 3.40. The highest BCUT2D eigenvalue weighted by Crippen LogP contribution is 2.27. The molecule has 1 aliphatic rings. The summed E-state index contributed by atoms with van der Waals surface area (Å²) >= 11 is 0. The summed E-state index contributed by atoms with van der Waals surface area (Å²) in [6, 6.07) is 5.29. The second-order valence-corrected chi connectivity index (χ2v) is 4.67. The lowest BCUT2D eigenvalue weighted by atomic mass is 10.1. The van der Waals surface area contributed by atoms with Gasteiger partial charge in [-0.3, -0.25) is 4.79 Å². The van der Waals surface area contributed by atoms with E-state index in [9.17, 15) is 14.7 Å². The van der Waals surface area contributed by atoms with E-state index in [0.29, 0.717) is 18.0 Å². The van der Waals surface area contributed by atoms with Gasteiger partial charge < -0.3 is 24.3 Å². The summed E-state index contributed by atoms with van der Waals surface area (Å²) in [6.07, 6.45) is -0.00534. The summed E-state index contributed by atoms with van der Waals surface area (Å²) in [4.78, 5) is 24.1. The molecular formula is C14H16NO5-. The summed E-state index contributed by atoms with van der Waals surface area (Å²) in [6.45, 7) is 0.463. The van der Waals surface area contributed by atoms with E-state index >= 15 is 0 Å². The molecule has 1 atom stereocenters. The molecule has 108 valence electrons. The number of methoxy groups -OCH3 is 2. The summed E-state index contributed by atoms with van der Waals surface area (Å²) in [5.74, 6) is -0.818. The van der Waals surface area contributed by atoms with E-state index < -0.39 is 11.9 Å². The van der Waals surface area contributed by atoms with Crippen molar-refractivity contribution in [3.05, 3.63) is 23.8 Å². The van der Waals surface area contributed by atoms with E-state index in [2.05, 4.69) is 0 Å². The van der Waals surface area contributed by atoms with E-state index in [0.717, 1.165) is 5.56 Å². The number of nitrogens with zero attached hydrogens (tertiary/aromatic N) is 1. The Labute approximate surface area is 116 Å². The largest absolute Gasteiger partial charge is 0.550 e. The molecule has 0 saturated carbocycles. The predicted molar refractivity (Wildman–Crippen MR) is 68.1 cm³/mol. The van der Waals surface area contributed by atoms with Crippen molar-refractivity contribution in [1.29, 1.82) is 0 Å². The van der Waals surface area contributed by atoms with Gasteiger partial charge in [0.2, 0.25) is 5.91 Å². The second-order valence-electron chi connectivity index (χ2n) is 4.67. The van der Waals surface area contributed by atoms with Crippen LogP contribution in [0.4, 0.5) is 0 Å². The Morgan fingerprint density at radius 1 is 1.40 bits per heavy atom. The summed E-state index contributed by atoms with van der Waals surface area (Å²) in [7, 11) is 3.10. The second kappa shape index (κ2) is 5.81. The number of hydrogen-bond acceptors (Lipinski definition) is 5. The molecule has 1 fully saturated rings. The number of carbonyl (C=O) groups is 2. The van der Waals surface area contributed by atoms with Crippen LogP contribution in [0.2, 0.25) is 0 Å². The highest BCUT2D eigenvalue weighted by molar-refractivity contribution is 5.85. The van der Waals surface area contributed by atoms with Gasteiger partial charge in [-0.15, -0.1) is 0 Å². The van der Waals surface area contributed by atoms with E-state index in [1.807, 2.05) is 0 Å². The van der Waals surface area contributed by atoms with Gasteiger partial charge in [-0.25, -0.2) is 0 Å². The molecule has 1 aromatic rings. The van der Waals surface area contributed by atoms with Crippen LogP contribution in [-0.4, -0.2) is 37.5 Å². The van der Waals surface area contributed by atoms with Crippen LogP contribution >= 0.6 is 0 Å². The zero-order valence-corrected chi connectivity index (χ0v) is 11.4. The Balaban J connectivity index is 2.17. The van der Waals surface area contributed by atoms with E-state index in [1.165, 1.54) is 4.90 Å². The molecule has 0 spiro atoms. The van der Waals surface area contributed by atoms with Gasteiger partial charge in [-0.05, 0) is 18.2 Å². The lowest BCUT2D eigenvalue weighted by molar-refractivity contribution is -0.311. The fraction of sp³-hybridized carbons (Fsp3) is 0.429. The van der Waals surface area contributed by atoms with Crippen molar-refractivity contribution in [2.24, 2.45) is 5.92 Å². The van der Waals surface area contributed by atoms with Gasteiger partial charge in [0.05, 0.1) is 14.2 Å². The number of ether oxygens (including phenoxy) is 2. The molecule has 1 aliphatic heterocycles. The SMILES string of the molecule is COc1ccc(OC)c(CN2C[C@H](C(=O)[O-])CC2=O)c1. The fourth-order valence-corrected chi connectivity index (χ4v) is 2.29. The van der Waals surface area contributed by atoms with Gasteiger partial charge in [-0.1, -0.05) is 0 Å². The van der Waals surface area contributed by atoms with Gasteiger partial charge in [0.1, 0.15) is 11.5 Å². The van der Waals surface area contributed by atoms with Gasteiger partial charge in [0, 0.05) is 37.0 Å². The lowest BCUT2D eigenvalue weighted by Gasteiger charge is -2.19. The molecule has 1 aromatic carbocycles. The first kappa shape index (κ1) is 14.2. The third-order valence-electron chi connectivity index (χ3n) is 3.40. The Bertz CT molecular complexity index is 528. The van der Waals surface area contributed by atoms with Crippen LogP contribution in [0, 0.1) is 5.92 Å². The van der Waals surface area contributed by atoms with Crippen LogP contribution in [0.5, 0.6) is 11.5 Å². The molecule has 0 N–H and O–H groups in total. The van der Waals surface area contributed by atoms with Crippen molar-refractivity contribution >= 4 is 11.9 Å². The molecule has 6 heteroatoms. The number of amides is 1. The smallest absolute Gasteiger partial charge is 0.223 e. The van der Waals surface area contributed by atoms with Crippen LogP contribution in [-0.2, 0) is 16.1 Å². The topological polar surface area (TPSA) is 78.9 Å². The maximum absolute atomic E-state index is 11.8. The predicted octanol–water partition coefficient (Wildman–Crippen LogP) is -0.198. The average Bonchev–Trinajstić information content (AvgIpc) is 2.80. The molecule has 2 rings (SSSR count). The molecule has 6 nitrogen and oxygen atoms in total. The van der Waals surface area contributed by atoms with Gasteiger partial charge in [-0.2, -0.15) is 0 Å². The summed E-state index contributed by atoms with van der Waals surface area (Å²) in [5, 5.41) is 10.8. The van der Waals surface area contributed by atoms with Crippen LogP contribution in [0.1, 0.15) is 12.0 Å². The number of hydrogen-bond donors (Lipinski definition) is 0. The zero-order valence-electron chi connectivity index (χ0n) is 11.4. The number of aliphatic carboxylic acids is 1. The maximum atomic E-state index is 11.8. The number of carbonyl (C=O) groups excluding carboxylic acids is 2. The summed E-state index contributed by atoms with van der Waals surface area (Å²) in [5.41, 5.74) is 0.777. The molecule has 0 bridgehead atoms. The van der Waals surface area contributed by atoms with Crippen molar-refractivity contribution in [2.75, 3.05) is 20.8 Å². The highest BCUT2D eigenvalue weighted by atomic mass is 16.5. The highest BCUT2D eigenvalue weighted by Gasteiger charge is 2.30. The zero-order chi connectivity index (χ0) is 14.7. The number of benzene rings is 1. The molecule has 20 heavy (non-hydrogen) atoms. The standard InChI is InChI=1S/C14H17NO5/c1-19-11-3-4-12(20-2)9(5-11)7-15-8-10(14(17)18)6-13(15)16/h3-5,10H,6-8H2,1-2H3,(H,17,18)/p-1/t10-/m1/s1. The Hall–Kier alpha value is -2.24. The molecular weight excluding hydrogens is 262 g/mol. The third kappa shape index (κ3) is 2.84. The maximum Gasteiger partial charge on any atom is 0.223 e. The molecule has 1 amide bonds. The van der Waals surface area contributed by atoms with Crippen molar-refractivity contribution in [3.8, 4) is 11.5 Å². The van der Waals surface area contributed by atoms with Crippen LogP contribution < -0.4 is 14.6 Å². The minimum absolute atomic E-state index is 0.00534. The monoisotopic (exact) mass is 278 g/mol. The van der Waals surface area contributed by atoms with Gasteiger partial charge in [0.15, 0.2) is 0 Å². The minimum Gasteiger partial charge on any atom is -0.550 e. The first-order valence-corrected chi connectivity index (χ1v) is 6.24. The van der Waals surface area contributed by atoms with E-state index in [-0.39, 0.29) is 18.9 Å². The quantitative estimate of drug-likeness (QED) is 0.745. The number of rotatable bonds is 5. The Morgan fingerprint density at radius 2 is 2.15 bits per heavy atom. The molecule has 0 radical (unpaired) electrons. The van der Waals surface area contributed by atoms with Gasteiger partial charge in [0.25, 0.3) is 0 Å². The van der Waals surface area contributed by atoms with Crippen LogP contribution in [0.15, 0.2) is 18.2 Å². The van der Waals surface area contributed by atoms with Crippen molar-refractivity contribution in [3.63, 3.8) is 0 Å². The lowest BCUT2D eigenvalue weighted by Crippen LogP contribution is -2.33. The molecule has 1 saturated heterocycles. The first-order chi connectivity index (χ1) is 9.55. The fourth-order valence-electron chi connectivity index (χ4n) is 2.29. The normalized spacial score (nSPS) is 18.2. The minimum atomic E-state index is -1.18. The Kier molecular flexibility index (Phi) is 4.12. The first-order valence-electron chi connectivity index (χ1n) is 6.24. The van der Waals surface area contributed by atoms with E-state index in [4.69, 9.17) is 9.47 Å². The van der Waals surface area contributed by atoms with E-state index in [1.54, 1.807) is 32.4 Å². The van der Waals surface area contributed by atoms with Crippen molar-refractivity contribution in [2.45, 2.75) is 13.0 Å². The molecule has 0 aromatic heterocycles. The van der Waals surface area contributed by atoms with Crippen LogP contribution in [0.3, 0.4) is 0 Å². The number of carboxylic acids is 1. The number of carboxylic acid groups (broad SMARTS) is 1. The van der Waals surface area contributed by atoms with Crippen molar-refractivity contribution < 1.29 is 24.2 Å². The Morgan fingerprint density at radius 3 is 2.70 bits per heavy atom.